The van der Waals surface area contributed by atoms with Crippen molar-refractivity contribution in [2.45, 2.75) is 0 Å². The van der Waals surface area contributed by atoms with Gasteiger partial charge >= 0.3 is 0 Å². The maximum Gasteiger partial charge on any atom is 0.115 e. The van der Waals surface area contributed by atoms with E-state index in [1.54, 1.807) is 30.3 Å². The fraction of sp³-hybridized carbons (Fsp3) is 0. The second-order valence-corrected chi connectivity index (χ2v) is 2.38. The molecule has 0 bridgehead atoms. The molecule has 0 radical (unpaired) electrons. The van der Waals surface area contributed by atoms with Gasteiger partial charge in [0.2, 0.25) is 0 Å². The molecule has 0 aromatic heterocycles. The van der Waals surface area contributed by atoms with Crippen LogP contribution in [0, 0.1) is 5.41 Å². The molecular formula is C9H10N2O. The topological polar surface area (TPSA) is 70.1 Å². The fourth-order valence-corrected chi connectivity index (χ4v) is 0.771. The van der Waals surface area contributed by atoms with Crippen LogP contribution in [-0.4, -0.2) is 10.9 Å². The number of hydrogen-bond donors (Lipinski definition) is 3. The van der Waals surface area contributed by atoms with Crippen LogP contribution in [0.4, 0.5) is 0 Å². The van der Waals surface area contributed by atoms with Crippen LogP contribution in [0.25, 0.3) is 6.08 Å². The average Bonchev–Trinajstić information content (AvgIpc) is 2.03. The summed E-state index contributed by atoms with van der Waals surface area (Å²) in [6.07, 6.45) is 3.20. The summed E-state index contributed by atoms with van der Waals surface area (Å²) in [5.41, 5.74) is 6.02. The molecule has 0 amide bonds. The summed E-state index contributed by atoms with van der Waals surface area (Å²) in [4.78, 5) is 0. The van der Waals surface area contributed by atoms with Crippen LogP contribution in [0.2, 0.25) is 0 Å². The Labute approximate surface area is 70.7 Å². The van der Waals surface area contributed by atoms with Crippen molar-refractivity contribution in [2.24, 2.45) is 5.73 Å². The average molecular weight is 162 g/mol. The Kier molecular flexibility index (Phi) is 2.48. The molecule has 0 aliphatic carbocycles. The van der Waals surface area contributed by atoms with Gasteiger partial charge in [-0.1, -0.05) is 18.2 Å². The molecule has 0 unspecified atom stereocenters. The Morgan fingerprint density at radius 3 is 2.42 bits per heavy atom. The number of benzene rings is 1. The van der Waals surface area contributed by atoms with Crippen LogP contribution < -0.4 is 5.73 Å². The Hall–Kier alpha value is -1.77. The van der Waals surface area contributed by atoms with E-state index < -0.39 is 0 Å². The number of rotatable bonds is 2. The second-order valence-electron chi connectivity index (χ2n) is 2.38. The largest absolute Gasteiger partial charge is 0.508 e. The molecule has 0 atom stereocenters. The molecule has 0 aliphatic heterocycles. The van der Waals surface area contributed by atoms with E-state index in [1.165, 1.54) is 6.08 Å². The number of nitrogens with two attached hydrogens (primary N) is 1. The SMILES string of the molecule is N=C(N)C=Cc1ccc(O)cc1. The number of nitrogens with one attached hydrogen (secondary N) is 1. The quantitative estimate of drug-likeness (QED) is 0.453. The molecule has 1 rings (SSSR count). The smallest absolute Gasteiger partial charge is 0.115 e. The predicted octanol–water partition coefficient (Wildman–Crippen LogP) is 1.34. The van der Waals surface area contributed by atoms with Crippen LogP contribution in [0.15, 0.2) is 30.3 Å². The zero-order valence-electron chi connectivity index (χ0n) is 6.49. The summed E-state index contributed by atoms with van der Waals surface area (Å²) >= 11 is 0. The van der Waals surface area contributed by atoms with Crippen molar-refractivity contribution in [1.29, 1.82) is 5.41 Å². The lowest BCUT2D eigenvalue weighted by atomic mass is 10.2. The van der Waals surface area contributed by atoms with E-state index in [-0.39, 0.29) is 11.6 Å². The number of amidine groups is 1. The summed E-state index contributed by atoms with van der Waals surface area (Å²) < 4.78 is 0. The van der Waals surface area contributed by atoms with Gasteiger partial charge in [0.15, 0.2) is 0 Å². The van der Waals surface area contributed by atoms with E-state index >= 15 is 0 Å². The first kappa shape index (κ1) is 8.33. The number of phenolic OH excluding ortho intramolecular Hbond substituents is 1. The monoisotopic (exact) mass is 162 g/mol. The summed E-state index contributed by atoms with van der Waals surface area (Å²) in [7, 11) is 0. The first-order chi connectivity index (χ1) is 5.68. The Morgan fingerprint density at radius 2 is 1.92 bits per heavy atom. The standard InChI is InChI=1S/C9H10N2O/c10-9(11)6-3-7-1-4-8(12)5-2-7/h1-6,12H,(H3,10,11). The molecule has 0 fully saturated rings. The third-order valence-corrected chi connectivity index (χ3v) is 1.35. The van der Waals surface area contributed by atoms with Crippen molar-refractivity contribution in [2.75, 3.05) is 0 Å². The molecule has 1 aromatic rings. The van der Waals surface area contributed by atoms with E-state index in [0.29, 0.717) is 0 Å². The first-order valence-corrected chi connectivity index (χ1v) is 3.49. The van der Waals surface area contributed by atoms with E-state index in [4.69, 9.17) is 16.2 Å². The van der Waals surface area contributed by atoms with Gasteiger partial charge in [0.05, 0.1) is 0 Å². The van der Waals surface area contributed by atoms with Gasteiger partial charge in [-0.05, 0) is 23.8 Å². The maximum atomic E-state index is 8.94. The zero-order valence-corrected chi connectivity index (χ0v) is 6.49. The van der Waals surface area contributed by atoms with Crippen molar-refractivity contribution < 1.29 is 5.11 Å². The molecule has 62 valence electrons. The van der Waals surface area contributed by atoms with E-state index in [9.17, 15) is 0 Å². The van der Waals surface area contributed by atoms with Crippen molar-refractivity contribution in [3.8, 4) is 5.75 Å². The molecule has 3 heteroatoms. The van der Waals surface area contributed by atoms with Crippen molar-refractivity contribution >= 4 is 11.9 Å². The Balaban J connectivity index is 2.77. The number of phenols is 1. The minimum Gasteiger partial charge on any atom is -0.508 e. The van der Waals surface area contributed by atoms with Crippen LogP contribution in [0.5, 0.6) is 5.75 Å². The van der Waals surface area contributed by atoms with Gasteiger partial charge in [-0.15, -0.1) is 0 Å². The van der Waals surface area contributed by atoms with Crippen molar-refractivity contribution in [3.05, 3.63) is 35.9 Å². The van der Waals surface area contributed by atoms with Crippen LogP contribution in [0.1, 0.15) is 5.56 Å². The summed E-state index contributed by atoms with van der Waals surface area (Å²) in [5.74, 6) is 0.248. The lowest BCUT2D eigenvalue weighted by molar-refractivity contribution is 0.475. The van der Waals surface area contributed by atoms with Gasteiger partial charge in [-0.25, -0.2) is 0 Å². The molecule has 12 heavy (non-hydrogen) atoms. The van der Waals surface area contributed by atoms with Crippen molar-refractivity contribution in [1.82, 2.24) is 0 Å². The fourth-order valence-electron chi connectivity index (χ4n) is 0.771. The lowest BCUT2D eigenvalue weighted by Gasteiger charge is -1.92. The van der Waals surface area contributed by atoms with Gasteiger partial charge in [0.25, 0.3) is 0 Å². The van der Waals surface area contributed by atoms with Gasteiger partial charge in [0.1, 0.15) is 11.6 Å². The van der Waals surface area contributed by atoms with Crippen LogP contribution >= 0.6 is 0 Å². The van der Waals surface area contributed by atoms with E-state index in [1.807, 2.05) is 0 Å². The third-order valence-electron chi connectivity index (χ3n) is 1.35. The van der Waals surface area contributed by atoms with Gasteiger partial charge in [-0.3, -0.25) is 5.41 Å². The molecule has 0 heterocycles. The molecule has 0 saturated heterocycles. The molecule has 1 aromatic carbocycles. The maximum absolute atomic E-state index is 8.94. The minimum absolute atomic E-state index is 0.0167. The summed E-state index contributed by atoms with van der Waals surface area (Å²) in [6.45, 7) is 0. The molecule has 3 nitrogen and oxygen atoms in total. The summed E-state index contributed by atoms with van der Waals surface area (Å²) in [5, 5.41) is 15.9. The molecular weight excluding hydrogens is 152 g/mol. The van der Waals surface area contributed by atoms with Gasteiger partial charge < -0.3 is 10.8 Å². The number of aromatic hydroxyl groups is 1. The first-order valence-electron chi connectivity index (χ1n) is 3.49. The zero-order chi connectivity index (χ0) is 8.97. The summed E-state index contributed by atoms with van der Waals surface area (Å²) in [6, 6.07) is 6.66. The molecule has 0 spiro atoms. The second kappa shape index (κ2) is 3.57. The predicted molar refractivity (Wildman–Crippen MR) is 49.1 cm³/mol. The highest BCUT2D eigenvalue weighted by molar-refractivity contribution is 5.92. The highest BCUT2D eigenvalue weighted by Gasteiger charge is 1.87. The van der Waals surface area contributed by atoms with Crippen LogP contribution in [-0.2, 0) is 0 Å². The minimum atomic E-state index is 0.0167. The molecule has 4 N–H and O–H groups in total. The van der Waals surface area contributed by atoms with E-state index in [0.717, 1.165) is 5.56 Å². The van der Waals surface area contributed by atoms with Crippen molar-refractivity contribution in [3.63, 3.8) is 0 Å². The third kappa shape index (κ3) is 2.46. The molecule has 0 aliphatic rings. The van der Waals surface area contributed by atoms with Crippen LogP contribution in [0.3, 0.4) is 0 Å². The number of hydrogen-bond acceptors (Lipinski definition) is 2. The highest BCUT2D eigenvalue weighted by Crippen LogP contribution is 2.10. The normalized spacial score (nSPS) is 10.3. The Bertz CT molecular complexity index is 301. The van der Waals surface area contributed by atoms with Gasteiger partial charge in [0, 0.05) is 0 Å². The van der Waals surface area contributed by atoms with E-state index in [2.05, 4.69) is 0 Å². The van der Waals surface area contributed by atoms with Gasteiger partial charge in [-0.2, -0.15) is 0 Å². The highest BCUT2D eigenvalue weighted by atomic mass is 16.3. The Morgan fingerprint density at radius 1 is 1.33 bits per heavy atom. The molecule has 0 saturated carbocycles. The lowest BCUT2D eigenvalue weighted by Crippen LogP contribution is -2.03.